The second-order valence-electron chi connectivity index (χ2n) is 7.19. The molecule has 1 amide bonds. The van der Waals surface area contributed by atoms with E-state index in [0.717, 1.165) is 22.3 Å². The van der Waals surface area contributed by atoms with E-state index >= 15 is 0 Å². The molecule has 4 heteroatoms. The second-order valence-corrected chi connectivity index (χ2v) is 7.19. The van der Waals surface area contributed by atoms with Crippen molar-refractivity contribution in [1.29, 1.82) is 0 Å². The number of amides is 1. The lowest BCUT2D eigenvalue weighted by atomic mass is 10.0. The normalized spacial score (nSPS) is 10.5. The molecule has 0 heterocycles. The molecule has 2 N–H and O–H groups in total. The third-order valence-corrected chi connectivity index (χ3v) is 4.86. The van der Waals surface area contributed by atoms with Crippen LogP contribution in [0, 0.1) is 0 Å². The van der Waals surface area contributed by atoms with Crippen molar-refractivity contribution in [3.8, 4) is 22.6 Å². The highest BCUT2D eigenvalue weighted by atomic mass is 16.5. The van der Waals surface area contributed by atoms with Crippen LogP contribution in [0.15, 0.2) is 103 Å². The molecule has 4 nitrogen and oxygen atoms in total. The maximum Gasteiger partial charge on any atom is 0.248 e. The maximum absolute atomic E-state index is 11.6. The van der Waals surface area contributed by atoms with E-state index in [4.69, 9.17) is 15.2 Å². The van der Waals surface area contributed by atoms with Gasteiger partial charge in [-0.1, -0.05) is 72.8 Å². The van der Waals surface area contributed by atoms with Crippen molar-refractivity contribution >= 4 is 5.91 Å². The number of ether oxygens (including phenoxy) is 2. The van der Waals surface area contributed by atoms with Gasteiger partial charge in [0.15, 0.2) is 0 Å². The van der Waals surface area contributed by atoms with E-state index in [2.05, 4.69) is 0 Å². The van der Waals surface area contributed by atoms with Crippen LogP contribution in [0.4, 0.5) is 0 Å². The van der Waals surface area contributed by atoms with E-state index in [1.807, 2.05) is 91.0 Å². The fourth-order valence-corrected chi connectivity index (χ4v) is 3.24. The van der Waals surface area contributed by atoms with E-state index in [1.165, 1.54) is 0 Å². The zero-order chi connectivity index (χ0) is 21.5. The van der Waals surface area contributed by atoms with Crippen molar-refractivity contribution in [2.45, 2.75) is 13.2 Å². The number of carbonyl (C=O) groups is 1. The van der Waals surface area contributed by atoms with Crippen molar-refractivity contribution in [1.82, 2.24) is 0 Å². The van der Waals surface area contributed by atoms with Crippen molar-refractivity contribution in [2.24, 2.45) is 5.73 Å². The van der Waals surface area contributed by atoms with Gasteiger partial charge in [0.1, 0.15) is 24.7 Å². The number of primary amides is 1. The van der Waals surface area contributed by atoms with Crippen LogP contribution >= 0.6 is 0 Å². The molecule has 4 aromatic carbocycles. The fourth-order valence-electron chi connectivity index (χ4n) is 3.24. The van der Waals surface area contributed by atoms with Gasteiger partial charge in [-0.3, -0.25) is 4.79 Å². The Morgan fingerprint density at radius 1 is 0.613 bits per heavy atom. The molecule has 0 aliphatic rings. The van der Waals surface area contributed by atoms with Gasteiger partial charge >= 0.3 is 0 Å². The molecular formula is C27H23NO3. The lowest BCUT2D eigenvalue weighted by molar-refractivity contribution is 0.100. The van der Waals surface area contributed by atoms with Crippen molar-refractivity contribution < 1.29 is 14.3 Å². The molecular weight excluding hydrogens is 386 g/mol. The summed E-state index contributed by atoms with van der Waals surface area (Å²) in [6.45, 7) is 0.896. The summed E-state index contributed by atoms with van der Waals surface area (Å²) in [7, 11) is 0. The standard InChI is InChI=1S/C27H23NO3/c28-27(29)23-13-7-12-22(14-23)24-15-25(30-18-20-8-3-1-4-9-20)17-26(16-24)31-19-21-10-5-2-6-11-21/h1-17H,18-19H2,(H2,28,29). The summed E-state index contributed by atoms with van der Waals surface area (Å²) in [6.07, 6.45) is 0. The average Bonchev–Trinajstić information content (AvgIpc) is 2.83. The number of nitrogens with two attached hydrogens (primary N) is 1. The summed E-state index contributed by atoms with van der Waals surface area (Å²) in [6, 6.07) is 33.0. The minimum atomic E-state index is -0.459. The Hall–Kier alpha value is -4.05. The Balaban J connectivity index is 1.62. The van der Waals surface area contributed by atoms with Crippen LogP contribution in [0.25, 0.3) is 11.1 Å². The highest BCUT2D eigenvalue weighted by Gasteiger charge is 2.09. The lowest BCUT2D eigenvalue weighted by Gasteiger charge is -2.13. The van der Waals surface area contributed by atoms with Crippen LogP contribution in [-0.2, 0) is 13.2 Å². The van der Waals surface area contributed by atoms with E-state index < -0.39 is 5.91 Å². The third kappa shape index (κ3) is 5.52. The van der Waals surface area contributed by atoms with Gasteiger partial charge in [0.2, 0.25) is 5.91 Å². The van der Waals surface area contributed by atoms with E-state index in [0.29, 0.717) is 30.3 Å². The van der Waals surface area contributed by atoms with Crippen molar-refractivity contribution in [3.63, 3.8) is 0 Å². The summed E-state index contributed by atoms with van der Waals surface area (Å²) in [4.78, 5) is 11.6. The number of rotatable bonds is 8. The highest BCUT2D eigenvalue weighted by Crippen LogP contribution is 2.31. The number of hydrogen-bond donors (Lipinski definition) is 1. The van der Waals surface area contributed by atoms with Crippen LogP contribution < -0.4 is 15.2 Å². The number of hydrogen-bond acceptors (Lipinski definition) is 3. The first-order chi connectivity index (χ1) is 15.2. The lowest BCUT2D eigenvalue weighted by Crippen LogP contribution is -2.10. The predicted molar refractivity (Wildman–Crippen MR) is 122 cm³/mol. The summed E-state index contributed by atoms with van der Waals surface area (Å²) < 4.78 is 12.1. The van der Waals surface area contributed by atoms with Gasteiger partial charge < -0.3 is 15.2 Å². The highest BCUT2D eigenvalue weighted by molar-refractivity contribution is 5.94. The Bertz CT molecular complexity index is 1100. The topological polar surface area (TPSA) is 61.6 Å². The Kier molecular flexibility index (Phi) is 6.29. The van der Waals surface area contributed by atoms with Gasteiger partial charge in [0.05, 0.1) is 0 Å². The molecule has 4 aromatic rings. The molecule has 0 saturated heterocycles. The van der Waals surface area contributed by atoms with Gasteiger partial charge in [-0.2, -0.15) is 0 Å². The molecule has 31 heavy (non-hydrogen) atoms. The fraction of sp³-hybridized carbons (Fsp3) is 0.0741. The average molecular weight is 409 g/mol. The first-order valence-corrected chi connectivity index (χ1v) is 10.1. The summed E-state index contributed by atoms with van der Waals surface area (Å²) in [5, 5.41) is 0. The Morgan fingerprint density at radius 2 is 1.16 bits per heavy atom. The molecule has 4 rings (SSSR count). The van der Waals surface area contributed by atoms with E-state index in [-0.39, 0.29) is 0 Å². The molecule has 0 saturated carbocycles. The Morgan fingerprint density at radius 3 is 1.68 bits per heavy atom. The maximum atomic E-state index is 11.6. The molecule has 154 valence electrons. The molecule has 0 radical (unpaired) electrons. The quantitative estimate of drug-likeness (QED) is 0.411. The van der Waals surface area contributed by atoms with Gasteiger partial charge in [-0.25, -0.2) is 0 Å². The molecule has 0 aliphatic carbocycles. The predicted octanol–water partition coefficient (Wildman–Crippen LogP) is 5.61. The largest absolute Gasteiger partial charge is 0.489 e. The molecule has 0 aromatic heterocycles. The minimum Gasteiger partial charge on any atom is -0.489 e. The zero-order valence-electron chi connectivity index (χ0n) is 17.0. The first-order valence-electron chi connectivity index (χ1n) is 10.1. The Labute approximate surface area is 181 Å². The number of benzene rings is 4. The summed E-state index contributed by atoms with van der Waals surface area (Å²) >= 11 is 0. The monoisotopic (exact) mass is 409 g/mol. The minimum absolute atomic E-state index is 0.448. The number of carbonyl (C=O) groups excluding carboxylic acids is 1. The molecule has 0 spiro atoms. The zero-order valence-corrected chi connectivity index (χ0v) is 17.0. The van der Waals surface area contributed by atoms with E-state index in [9.17, 15) is 4.79 Å². The van der Waals surface area contributed by atoms with E-state index in [1.54, 1.807) is 12.1 Å². The van der Waals surface area contributed by atoms with Gasteiger partial charge in [0.25, 0.3) is 0 Å². The molecule has 0 atom stereocenters. The van der Waals surface area contributed by atoms with Gasteiger partial charge in [-0.05, 0) is 46.5 Å². The van der Waals surface area contributed by atoms with Crippen molar-refractivity contribution in [2.75, 3.05) is 0 Å². The summed E-state index contributed by atoms with van der Waals surface area (Å²) in [5.41, 5.74) is 9.83. The third-order valence-electron chi connectivity index (χ3n) is 4.86. The molecule has 0 unspecified atom stereocenters. The molecule has 0 aliphatic heterocycles. The van der Waals surface area contributed by atoms with Crippen LogP contribution in [0.3, 0.4) is 0 Å². The van der Waals surface area contributed by atoms with Crippen molar-refractivity contribution in [3.05, 3.63) is 120 Å². The molecule has 0 bridgehead atoms. The second kappa shape index (κ2) is 9.63. The van der Waals surface area contributed by atoms with Gasteiger partial charge in [-0.15, -0.1) is 0 Å². The smallest absolute Gasteiger partial charge is 0.248 e. The van der Waals surface area contributed by atoms with Crippen LogP contribution in [-0.4, -0.2) is 5.91 Å². The van der Waals surface area contributed by atoms with Crippen LogP contribution in [0.5, 0.6) is 11.5 Å². The van der Waals surface area contributed by atoms with Crippen LogP contribution in [0.1, 0.15) is 21.5 Å². The first kappa shape index (κ1) is 20.2. The molecule has 0 fully saturated rings. The summed E-state index contributed by atoms with van der Waals surface area (Å²) in [5.74, 6) is 0.918. The van der Waals surface area contributed by atoms with Crippen LogP contribution in [0.2, 0.25) is 0 Å². The van der Waals surface area contributed by atoms with Gasteiger partial charge in [0, 0.05) is 11.6 Å². The SMILES string of the molecule is NC(=O)c1cccc(-c2cc(OCc3ccccc3)cc(OCc3ccccc3)c2)c1.